The summed E-state index contributed by atoms with van der Waals surface area (Å²) in [6, 6.07) is 12.1. The molecule has 5 rings (SSSR count). The number of carbonyl (C=O) groups is 1. The molecule has 8 heteroatoms. The van der Waals surface area contributed by atoms with Crippen molar-refractivity contribution < 1.29 is 14.3 Å². The number of pyridine rings is 1. The SMILES string of the molecule is Cc1[nH]nc2nc(-c3ccc(O)cc3)cc(C(=O)N3CCNCC3c3ccco3)c12. The van der Waals surface area contributed by atoms with Crippen LogP contribution in [0.25, 0.3) is 22.3 Å². The second-order valence-electron chi connectivity index (χ2n) is 7.38. The summed E-state index contributed by atoms with van der Waals surface area (Å²) in [6.07, 6.45) is 1.63. The number of aromatic hydroxyl groups is 1. The van der Waals surface area contributed by atoms with Crippen molar-refractivity contribution in [3.05, 3.63) is 65.7 Å². The summed E-state index contributed by atoms with van der Waals surface area (Å²) < 4.78 is 5.60. The number of piperazine rings is 1. The number of H-pyrrole nitrogens is 1. The number of nitrogens with one attached hydrogen (secondary N) is 2. The van der Waals surface area contributed by atoms with E-state index < -0.39 is 0 Å². The molecule has 1 amide bonds. The molecule has 4 aromatic rings. The van der Waals surface area contributed by atoms with Gasteiger partial charge < -0.3 is 19.7 Å². The largest absolute Gasteiger partial charge is 0.508 e. The van der Waals surface area contributed by atoms with Gasteiger partial charge >= 0.3 is 0 Å². The van der Waals surface area contributed by atoms with E-state index in [0.29, 0.717) is 36.5 Å². The van der Waals surface area contributed by atoms with Crippen molar-refractivity contribution >= 4 is 16.9 Å². The molecule has 3 N–H and O–H groups in total. The zero-order chi connectivity index (χ0) is 20.7. The molecule has 0 aliphatic carbocycles. The summed E-state index contributed by atoms with van der Waals surface area (Å²) in [4.78, 5) is 20.2. The number of phenolic OH excluding ortho intramolecular Hbond substituents is 1. The van der Waals surface area contributed by atoms with E-state index >= 15 is 0 Å². The molecule has 0 bridgehead atoms. The van der Waals surface area contributed by atoms with Crippen molar-refractivity contribution in [3.8, 4) is 17.0 Å². The molecule has 0 spiro atoms. The fraction of sp³-hybridized carbons (Fsp3) is 0.227. The van der Waals surface area contributed by atoms with Gasteiger partial charge in [-0.25, -0.2) is 4.98 Å². The predicted octanol–water partition coefficient (Wildman–Crippen LogP) is 3.02. The highest BCUT2D eigenvalue weighted by Crippen LogP contribution is 2.30. The van der Waals surface area contributed by atoms with Gasteiger partial charge in [-0.05, 0) is 49.4 Å². The number of aromatic amines is 1. The predicted molar refractivity (Wildman–Crippen MR) is 111 cm³/mol. The number of fused-ring (bicyclic) bond motifs is 1. The molecule has 0 radical (unpaired) electrons. The lowest BCUT2D eigenvalue weighted by molar-refractivity contribution is 0.0608. The van der Waals surface area contributed by atoms with Crippen LogP contribution in [0.5, 0.6) is 5.75 Å². The summed E-state index contributed by atoms with van der Waals surface area (Å²) in [5.74, 6) is 0.840. The molecule has 30 heavy (non-hydrogen) atoms. The normalized spacial score (nSPS) is 16.8. The van der Waals surface area contributed by atoms with Crippen molar-refractivity contribution in [3.63, 3.8) is 0 Å². The summed E-state index contributed by atoms with van der Waals surface area (Å²) in [5, 5.41) is 20.9. The molecule has 1 unspecified atom stereocenters. The molecule has 1 aliphatic heterocycles. The number of aromatic nitrogens is 3. The fourth-order valence-corrected chi connectivity index (χ4v) is 3.96. The van der Waals surface area contributed by atoms with Gasteiger partial charge in [0.15, 0.2) is 5.65 Å². The Hall–Kier alpha value is -3.65. The minimum absolute atomic E-state index is 0.0881. The number of hydrogen-bond acceptors (Lipinski definition) is 6. The number of aryl methyl sites for hydroxylation is 1. The number of hydrogen-bond donors (Lipinski definition) is 3. The molecule has 3 aromatic heterocycles. The highest BCUT2D eigenvalue weighted by Gasteiger charge is 2.32. The Bertz CT molecular complexity index is 1200. The number of phenols is 1. The van der Waals surface area contributed by atoms with E-state index in [9.17, 15) is 9.90 Å². The van der Waals surface area contributed by atoms with Crippen LogP contribution in [0.3, 0.4) is 0 Å². The first kappa shape index (κ1) is 18.4. The standard InChI is InChI=1S/C22H21N5O3/c1-13-20-16(22(29)27-9-8-23-12-18(27)19-3-2-10-30-19)11-17(24-21(20)26-25-13)14-4-6-15(28)7-5-14/h2-7,10-11,18,23,28H,8-9,12H2,1H3,(H,24,25,26). The summed E-state index contributed by atoms with van der Waals surface area (Å²) in [5.41, 5.74) is 3.26. The number of amides is 1. The lowest BCUT2D eigenvalue weighted by Crippen LogP contribution is -2.48. The van der Waals surface area contributed by atoms with Crippen LogP contribution < -0.4 is 5.32 Å². The Morgan fingerprint density at radius 1 is 1.27 bits per heavy atom. The summed E-state index contributed by atoms with van der Waals surface area (Å²) in [6.45, 7) is 3.80. The van der Waals surface area contributed by atoms with Crippen molar-refractivity contribution in [2.24, 2.45) is 0 Å². The second-order valence-corrected chi connectivity index (χ2v) is 7.38. The maximum atomic E-state index is 13.8. The van der Waals surface area contributed by atoms with E-state index in [-0.39, 0.29) is 17.7 Å². The fourth-order valence-electron chi connectivity index (χ4n) is 3.96. The zero-order valence-corrected chi connectivity index (χ0v) is 16.4. The topological polar surface area (TPSA) is 107 Å². The van der Waals surface area contributed by atoms with E-state index in [0.717, 1.165) is 22.4 Å². The average Bonchev–Trinajstić information content (AvgIpc) is 3.44. The number of furan rings is 1. The molecule has 8 nitrogen and oxygen atoms in total. The first-order valence-electron chi connectivity index (χ1n) is 9.82. The van der Waals surface area contributed by atoms with Crippen LogP contribution >= 0.6 is 0 Å². The molecular formula is C22H21N5O3. The average molecular weight is 403 g/mol. The van der Waals surface area contributed by atoms with Gasteiger partial charge in [-0.15, -0.1) is 0 Å². The molecule has 4 heterocycles. The third kappa shape index (κ3) is 3.11. The summed E-state index contributed by atoms with van der Waals surface area (Å²) in [7, 11) is 0. The van der Waals surface area contributed by atoms with Crippen LogP contribution in [0, 0.1) is 6.92 Å². The van der Waals surface area contributed by atoms with Crippen LogP contribution in [0.2, 0.25) is 0 Å². The molecule has 1 atom stereocenters. The van der Waals surface area contributed by atoms with Gasteiger partial charge in [-0.1, -0.05) is 0 Å². The van der Waals surface area contributed by atoms with Crippen LogP contribution in [0.1, 0.15) is 27.9 Å². The number of rotatable bonds is 3. The van der Waals surface area contributed by atoms with Crippen molar-refractivity contribution in [1.82, 2.24) is 25.4 Å². The third-order valence-corrected chi connectivity index (χ3v) is 5.47. The van der Waals surface area contributed by atoms with Gasteiger partial charge in [0.2, 0.25) is 0 Å². The van der Waals surface area contributed by atoms with Gasteiger partial charge in [0.05, 0.1) is 22.9 Å². The minimum Gasteiger partial charge on any atom is -0.508 e. The van der Waals surface area contributed by atoms with E-state index in [2.05, 4.69) is 20.5 Å². The zero-order valence-electron chi connectivity index (χ0n) is 16.4. The molecular weight excluding hydrogens is 382 g/mol. The van der Waals surface area contributed by atoms with E-state index in [1.165, 1.54) is 0 Å². The summed E-state index contributed by atoms with van der Waals surface area (Å²) >= 11 is 0. The number of carbonyl (C=O) groups excluding carboxylic acids is 1. The third-order valence-electron chi connectivity index (χ3n) is 5.47. The van der Waals surface area contributed by atoms with Crippen LogP contribution in [0.15, 0.2) is 53.1 Å². The first-order chi connectivity index (χ1) is 14.6. The van der Waals surface area contributed by atoms with E-state index in [1.54, 1.807) is 36.6 Å². The van der Waals surface area contributed by atoms with Gasteiger partial charge in [-0.3, -0.25) is 9.89 Å². The highest BCUT2D eigenvalue weighted by molar-refractivity contribution is 6.07. The lowest BCUT2D eigenvalue weighted by Gasteiger charge is -2.35. The van der Waals surface area contributed by atoms with Crippen LogP contribution in [-0.4, -0.2) is 50.7 Å². The Labute approximate surface area is 172 Å². The molecule has 0 saturated carbocycles. The molecule has 152 valence electrons. The number of nitrogens with zero attached hydrogens (tertiary/aromatic N) is 3. The Morgan fingerprint density at radius 3 is 2.87 bits per heavy atom. The molecule has 1 aliphatic rings. The van der Waals surface area contributed by atoms with Gasteiger partial charge in [0.1, 0.15) is 17.6 Å². The Morgan fingerprint density at radius 2 is 2.10 bits per heavy atom. The molecule has 1 aromatic carbocycles. The molecule has 1 saturated heterocycles. The van der Waals surface area contributed by atoms with Gasteiger partial charge in [0.25, 0.3) is 5.91 Å². The smallest absolute Gasteiger partial charge is 0.255 e. The second kappa shape index (κ2) is 7.31. The highest BCUT2D eigenvalue weighted by atomic mass is 16.3. The molecule has 1 fully saturated rings. The van der Waals surface area contributed by atoms with Crippen LogP contribution in [0.4, 0.5) is 0 Å². The maximum absolute atomic E-state index is 13.8. The quantitative estimate of drug-likeness (QED) is 0.485. The lowest BCUT2D eigenvalue weighted by atomic mass is 10.0. The van der Waals surface area contributed by atoms with E-state index in [1.807, 2.05) is 24.0 Å². The minimum atomic E-state index is -0.186. The number of benzene rings is 1. The van der Waals surface area contributed by atoms with Crippen molar-refractivity contribution in [2.45, 2.75) is 13.0 Å². The Balaban J connectivity index is 1.62. The first-order valence-corrected chi connectivity index (χ1v) is 9.82. The van der Waals surface area contributed by atoms with Crippen molar-refractivity contribution in [1.29, 1.82) is 0 Å². The van der Waals surface area contributed by atoms with Crippen LogP contribution in [-0.2, 0) is 0 Å². The monoisotopic (exact) mass is 403 g/mol. The maximum Gasteiger partial charge on any atom is 0.255 e. The Kier molecular flexibility index (Phi) is 4.48. The van der Waals surface area contributed by atoms with Crippen molar-refractivity contribution in [2.75, 3.05) is 19.6 Å². The van der Waals surface area contributed by atoms with E-state index in [4.69, 9.17) is 4.42 Å². The van der Waals surface area contributed by atoms with Gasteiger partial charge in [-0.2, -0.15) is 5.10 Å². The van der Waals surface area contributed by atoms with Gasteiger partial charge in [0, 0.05) is 30.9 Å².